The zero-order chi connectivity index (χ0) is 37.9. The van der Waals surface area contributed by atoms with Crippen LogP contribution in [0.3, 0.4) is 0 Å². The van der Waals surface area contributed by atoms with Crippen molar-refractivity contribution in [1.82, 2.24) is 30.7 Å². The average Bonchev–Trinajstić information content (AvgIpc) is 3.78. The Morgan fingerprint density at radius 3 is 2.37 bits per heavy atom. The molecule has 3 heterocycles. The summed E-state index contributed by atoms with van der Waals surface area (Å²) in [5.74, 6) is -4.25. The topological polar surface area (TPSA) is 175 Å². The Labute approximate surface area is 304 Å². The lowest BCUT2D eigenvalue weighted by molar-refractivity contribution is -0.158. The summed E-state index contributed by atoms with van der Waals surface area (Å²) in [5.41, 5.74) is 0.747. The standard InChI is InChI=1S/C38H50N6O8/c1-6-7-8-9-13-18-32(45)40-28(21-27-15-11-10-12-16-27)34(47)41-29-23-52-38(51)31-20-24(2)22-44(31)35(48)25(3)39-33(46)26(4)42(5)37(50)30-17-14-19-43(30)36(29)49/h6-13,15-16,18,24-26,28-31H,14,17,19-23H2,1-5H3,(H,39,46)(H,40,45)(H,41,47)/t24-,25+,26+,28+,29+,30+,31+/m1/s1. The van der Waals surface area contributed by atoms with Gasteiger partial charge in [-0.1, -0.05) is 67.6 Å². The molecule has 6 amide bonds. The van der Waals surface area contributed by atoms with Crippen LogP contribution in [0.1, 0.15) is 52.5 Å². The monoisotopic (exact) mass is 718 g/mol. The minimum Gasteiger partial charge on any atom is -0.461 e. The predicted molar refractivity (Wildman–Crippen MR) is 192 cm³/mol. The van der Waals surface area contributed by atoms with Gasteiger partial charge in [-0.05, 0) is 51.5 Å². The molecular formula is C38H50N6O8. The molecule has 52 heavy (non-hydrogen) atoms. The van der Waals surface area contributed by atoms with Gasteiger partial charge in [-0.2, -0.15) is 0 Å². The van der Waals surface area contributed by atoms with Crippen LogP contribution in [0.15, 0.2) is 66.8 Å². The van der Waals surface area contributed by atoms with Gasteiger partial charge in [0.05, 0.1) is 0 Å². The number of nitrogens with zero attached hydrogens (tertiary/aromatic N) is 3. The molecular weight excluding hydrogens is 668 g/mol. The van der Waals surface area contributed by atoms with Gasteiger partial charge in [0.1, 0.15) is 42.9 Å². The van der Waals surface area contributed by atoms with Crippen molar-refractivity contribution in [1.29, 1.82) is 0 Å². The highest BCUT2D eigenvalue weighted by atomic mass is 16.5. The van der Waals surface area contributed by atoms with E-state index in [0.717, 1.165) is 5.56 Å². The van der Waals surface area contributed by atoms with Crippen molar-refractivity contribution in [3.63, 3.8) is 0 Å². The molecule has 3 N–H and O–H groups in total. The third kappa shape index (κ3) is 9.95. The van der Waals surface area contributed by atoms with Gasteiger partial charge in [-0.3, -0.25) is 28.8 Å². The van der Waals surface area contributed by atoms with Crippen LogP contribution >= 0.6 is 0 Å². The molecule has 1 aromatic rings. The Bertz CT molecular complexity index is 1590. The van der Waals surface area contributed by atoms with Crippen LogP contribution in [-0.2, 0) is 44.7 Å². The second-order valence-electron chi connectivity index (χ2n) is 13.6. The first-order chi connectivity index (χ1) is 24.8. The summed E-state index contributed by atoms with van der Waals surface area (Å²) in [6, 6.07) is 2.59. The van der Waals surface area contributed by atoms with E-state index in [1.807, 2.05) is 26.0 Å². The number of rotatable bonds is 8. The maximum absolute atomic E-state index is 14.3. The molecule has 3 fully saturated rings. The summed E-state index contributed by atoms with van der Waals surface area (Å²) >= 11 is 0. The maximum atomic E-state index is 14.3. The summed E-state index contributed by atoms with van der Waals surface area (Å²) in [6.45, 7) is 6.67. The molecule has 280 valence electrons. The van der Waals surface area contributed by atoms with Crippen molar-refractivity contribution in [3.05, 3.63) is 72.4 Å². The smallest absolute Gasteiger partial charge is 0.328 e. The van der Waals surface area contributed by atoms with Crippen molar-refractivity contribution >= 4 is 41.4 Å². The van der Waals surface area contributed by atoms with Gasteiger partial charge >= 0.3 is 5.97 Å². The fourth-order valence-electron chi connectivity index (χ4n) is 6.62. The molecule has 3 saturated heterocycles. The van der Waals surface area contributed by atoms with Gasteiger partial charge in [0.2, 0.25) is 35.4 Å². The van der Waals surface area contributed by atoms with E-state index >= 15 is 0 Å². The van der Waals surface area contributed by atoms with E-state index in [9.17, 15) is 33.6 Å². The van der Waals surface area contributed by atoms with Crippen molar-refractivity contribution in [3.8, 4) is 0 Å². The Balaban J connectivity index is 1.66. The Kier molecular flexibility index (Phi) is 13.9. The van der Waals surface area contributed by atoms with Crippen molar-refractivity contribution in [2.45, 2.75) is 89.6 Å². The van der Waals surface area contributed by atoms with Crippen molar-refractivity contribution in [2.24, 2.45) is 5.92 Å². The van der Waals surface area contributed by atoms with Crippen LogP contribution in [-0.4, -0.2) is 119 Å². The Morgan fingerprint density at radius 2 is 1.65 bits per heavy atom. The first-order valence-corrected chi connectivity index (χ1v) is 17.8. The molecule has 4 rings (SSSR count). The number of carbonyl (C=O) groups is 7. The predicted octanol–water partition coefficient (Wildman–Crippen LogP) is 1.02. The zero-order valence-electron chi connectivity index (χ0n) is 30.4. The van der Waals surface area contributed by atoms with Crippen LogP contribution in [0.2, 0.25) is 0 Å². The third-order valence-electron chi connectivity index (χ3n) is 9.62. The normalized spacial score (nSPS) is 27.2. The molecule has 0 bridgehead atoms. The largest absolute Gasteiger partial charge is 0.461 e. The number of likely N-dealkylation sites (N-methyl/N-ethyl adjacent to an activating group) is 1. The second-order valence-corrected chi connectivity index (χ2v) is 13.6. The van der Waals surface area contributed by atoms with E-state index in [-0.39, 0.29) is 25.4 Å². The first kappa shape index (κ1) is 39.5. The van der Waals surface area contributed by atoms with E-state index < -0.39 is 84.3 Å². The number of allylic oxidation sites excluding steroid dienone is 5. The number of hydrogen-bond acceptors (Lipinski definition) is 8. The van der Waals surface area contributed by atoms with Crippen LogP contribution in [0.5, 0.6) is 0 Å². The molecule has 3 aliphatic rings. The summed E-state index contributed by atoms with van der Waals surface area (Å²) in [5, 5.41) is 8.08. The fourth-order valence-corrected chi connectivity index (χ4v) is 6.62. The maximum Gasteiger partial charge on any atom is 0.328 e. The highest BCUT2D eigenvalue weighted by Gasteiger charge is 2.44. The molecule has 0 aliphatic carbocycles. The van der Waals surface area contributed by atoms with E-state index in [4.69, 9.17) is 4.74 Å². The lowest BCUT2D eigenvalue weighted by atomic mass is 10.0. The number of esters is 1. The third-order valence-corrected chi connectivity index (χ3v) is 9.62. The summed E-state index contributed by atoms with van der Waals surface area (Å²) < 4.78 is 5.68. The number of cyclic esters (lactones) is 1. The van der Waals surface area contributed by atoms with Crippen LogP contribution in [0.25, 0.3) is 0 Å². The molecule has 0 radical (unpaired) electrons. The number of fused-ring (bicyclic) bond motifs is 2. The van der Waals surface area contributed by atoms with Crippen molar-refractivity contribution in [2.75, 3.05) is 26.7 Å². The lowest BCUT2D eigenvalue weighted by Crippen LogP contribution is -2.60. The van der Waals surface area contributed by atoms with Gasteiger partial charge in [0.15, 0.2) is 0 Å². The van der Waals surface area contributed by atoms with Crippen LogP contribution < -0.4 is 16.0 Å². The number of benzene rings is 1. The quantitative estimate of drug-likeness (QED) is 0.203. The molecule has 1 aromatic carbocycles. The highest BCUT2D eigenvalue weighted by molar-refractivity contribution is 5.98. The van der Waals surface area contributed by atoms with Crippen LogP contribution in [0.4, 0.5) is 0 Å². The van der Waals surface area contributed by atoms with E-state index in [1.54, 1.807) is 42.5 Å². The molecule has 3 aliphatic heterocycles. The molecule has 0 spiro atoms. The number of hydrogen-bond donors (Lipinski definition) is 3. The van der Waals surface area contributed by atoms with Gasteiger partial charge < -0.3 is 35.4 Å². The Morgan fingerprint density at radius 1 is 0.942 bits per heavy atom. The highest BCUT2D eigenvalue weighted by Crippen LogP contribution is 2.26. The van der Waals surface area contributed by atoms with Crippen LogP contribution in [0, 0.1) is 5.92 Å². The Hall–Kier alpha value is -5.27. The van der Waals surface area contributed by atoms with Gasteiger partial charge in [0.25, 0.3) is 0 Å². The van der Waals surface area contributed by atoms with Gasteiger partial charge in [0, 0.05) is 32.6 Å². The van der Waals surface area contributed by atoms with Crippen molar-refractivity contribution < 1.29 is 38.3 Å². The molecule has 0 aromatic heterocycles. The van der Waals surface area contributed by atoms with Gasteiger partial charge in [-0.25, -0.2) is 4.79 Å². The minimum absolute atomic E-state index is 0.0494. The second kappa shape index (κ2) is 18.3. The summed E-state index contributed by atoms with van der Waals surface area (Å²) in [6.07, 6.45) is 11.0. The minimum atomic E-state index is -1.43. The molecule has 0 unspecified atom stereocenters. The summed E-state index contributed by atoms with van der Waals surface area (Å²) in [7, 11) is 1.46. The molecule has 14 heteroatoms. The summed E-state index contributed by atoms with van der Waals surface area (Å²) in [4.78, 5) is 99.2. The van der Waals surface area contributed by atoms with E-state index in [2.05, 4.69) is 16.0 Å². The van der Waals surface area contributed by atoms with E-state index in [0.29, 0.717) is 19.3 Å². The first-order valence-electron chi connectivity index (χ1n) is 17.8. The zero-order valence-corrected chi connectivity index (χ0v) is 30.4. The average molecular weight is 719 g/mol. The van der Waals surface area contributed by atoms with E-state index in [1.165, 1.54) is 47.7 Å². The SMILES string of the molecule is CC=CC=CC=CC(=O)N[C@@H](Cc1ccccc1)C(=O)N[C@H]1COC(=O)[C@@H]2C[C@@H](C)CN2C(=O)[C@H](C)NC(=O)[C@H](C)N(C)C(=O)[C@@H]2CCCN2C1=O. The number of ether oxygens (including phenoxy) is 1. The molecule has 0 saturated carbocycles. The molecule has 14 nitrogen and oxygen atoms in total. The number of carbonyl (C=O) groups excluding carboxylic acids is 7. The van der Waals surface area contributed by atoms with Gasteiger partial charge in [-0.15, -0.1) is 0 Å². The number of nitrogens with one attached hydrogen (secondary N) is 3. The number of amides is 6. The molecule has 7 atom stereocenters. The lowest BCUT2D eigenvalue weighted by Gasteiger charge is -2.34. The fraction of sp³-hybridized carbons (Fsp3) is 0.500.